The van der Waals surface area contributed by atoms with Crippen LogP contribution in [0.25, 0.3) is 0 Å². The average molecular weight is 391 g/mol. The van der Waals surface area contributed by atoms with E-state index in [9.17, 15) is 0 Å². The van der Waals surface area contributed by atoms with Gasteiger partial charge in [-0.2, -0.15) is 0 Å². The predicted octanol–water partition coefficient (Wildman–Crippen LogP) is 3.48. The van der Waals surface area contributed by atoms with Crippen LogP contribution < -0.4 is 0 Å². The van der Waals surface area contributed by atoms with E-state index in [0.29, 0.717) is 12.1 Å². The predicted molar refractivity (Wildman–Crippen MR) is 109 cm³/mol. The molecule has 1 aliphatic carbocycles. The quantitative estimate of drug-likeness (QED) is 0.755. The number of aromatic nitrogens is 4. The lowest BCUT2D eigenvalue weighted by atomic mass is 10.1. The summed E-state index contributed by atoms with van der Waals surface area (Å²) in [6.45, 7) is 7.69. The normalized spacial score (nSPS) is 20.5. The van der Waals surface area contributed by atoms with Crippen molar-refractivity contribution in [1.29, 1.82) is 0 Å². The molecule has 7 heteroatoms. The number of piperazine rings is 1. The third kappa shape index (κ3) is 4.68. The van der Waals surface area contributed by atoms with E-state index in [1.165, 1.54) is 31.2 Å². The average Bonchev–Trinajstić information content (AvgIpc) is 3.36. The minimum atomic E-state index is 0. The molecule has 4 rings (SSSR count). The van der Waals surface area contributed by atoms with Gasteiger partial charge in [0.2, 0.25) is 0 Å². The van der Waals surface area contributed by atoms with Gasteiger partial charge in [-0.3, -0.25) is 9.80 Å². The second-order valence-corrected chi connectivity index (χ2v) is 7.64. The standard InChI is InChI=1S/C20H30N6.ClH/c1-2-19(20-21-22-23-26(20)18-10-6-7-11-18)25-14-12-24(13-15-25)16-17-8-4-3-5-9-17;/h3-5,8-9,18-19H,2,6-7,10-16H2,1H3;1H. The van der Waals surface area contributed by atoms with Crippen LogP contribution >= 0.6 is 12.4 Å². The number of rotatable bonds is 6. The lowest BCUT2D eigenvalue weighted by Gasteiger charge is -2.38. The molecule has 1 unspecified atom stereocenters. The second-order valence-electron chi connectivity index (χ2n) is 7.64. The first-order valence-electron chi connectivity index (χ1n) is 10.1. The van der Waals surface area contributed by atoms with Gasteiger partial charge >= 0.3 is 0 Å². The summed E-state index contributed by atoms with van der Waals surface area (Å²) < 4.78 is 2.14. The summed E-state index contributed by atoms with van der Waals surface area (Å²) in [4.78, 5) is 5.14. The Balaban J connectivity index is 0.00000210. The van der Waals surface area contributed by atoms with Crippen LogP contribution in [0, 0.1) is 0 Å². The fourth-order valence-electron chi connectivity index (χ4n) is 4.51. The smallest absolute Gasteiger partial charge is 0.168 e. The number of hydrogen-bond donors (Lipinski definition) is 0. The van der Waals surface area contributed by atoms with Crippen molar-refractivity contribution in [2.45, 2.75) is 57.7 Å². The number of hydrogen-bond acceptors (Lipinski definition) is 5. The van der Waals surface area contributed by atoms with Crippen molar-refractivity contribution in [3.63, 3.8) is 0 Å². The summed E-state index contributed by atoms with van der Waals surface area (Å²) in [5.41, 5.74) is 1.40. The Morgan fingerprint density at radius 2 is 1.74 bits per heavy atom. The highest BCUT2D eigenvalue weighted by Crippen LogP contribution is 2.32. The van der Waals surface area contributed by atoms with Crippen LogP contribution in [0.1, 0.15) is 62.5 Å². The minimum absolute atomic E-state index is 0. The van der Waals surface area contributed by atoms with E-state index in [1.54, 1.807) is 0 Å². The minimum Gasteiger partial charge on any atom is -0.297 e. The number of halogens is 1. The first-order valence-corrected chi connectivity index (χ1v) is 10.1. The molecular formula is C20H31ClN6. The molecule has 1 saturated heterocycles. The van der Waals surface area contributed by atoms with E-state index in [0.717, 1.165) is 45.0 Å². The Morgan fingerprint density at radius 3 is 2.41 bits per heavy atom. The van der Waals surface area contributed by atoms with E-state index < -0.39 is 0 Å². The van der Waals surface area contributed by atoms with Crippen molar-refractivity contribution in [2.24, 2.45) is 0 Å². The SMILES string of the molecule is CCC(c1nnnn1C1CCCC1)N1CCN(Cc2ccccc2)CC1.Cl. The van der Waals surface area contributed by atoms with Gasteiger partial charge in [0.15, 0.2) is 5.82 Å². The molecule has 1 aliphatic heterocycles. The molecule has 0 spiro atoms. The molecule has 1 atom stereocenters. The maximum atomic E-state index is 4.44. The molecule has 0 radical (unpaired) electrons. The van der Waals surface area contributed by atoms with E-state index in [1.807, 2.05) is 0 Å². The highest BCUT2D eigenvalue weighted by Gasteiger charge is 2.30. The maximum Gasteiger partial charge on any atom is 0.168 e. The molecule has 1 aromatic carbocycles. The van der Waals surface area contributed by atoms with E-state index in [2.05, 4.69) is 67.3 Å². The molecule has 6 nitrogen and oxygen atoms in total. The van der Waals surface area contributed by atoms with Crippen LogP contribution in [0.15, 0.2) is 30.3 Å². The molecule has 2 fully saturated rings. The second kappa shape index (κ2) is 9.62. The van der Waals surface area contributed by atoms with Gasteiger partial charge in [0, 0.05) is 32.7 Å². The topological polar surface area (TPSA) is 50.1 Å². The zero-order chi connectivity index (χ0) is 17.8. The van der Waals surface area contributed by atoms with Crippen LogP contribution in [0.2, 0.25) is 0 Å². The van der Waals surface area contributed by atoms with Crippen molar-refractivity contribution < 1.29 is 0 Å². The fourth-order valence-corrected chi connectivity index (χ4v) is 4.51. The first-order chi connectivity index (χ1) is 12.8. The molecular weight excluding hydrogens is 360 g/mol. The van der Waals surface area contributed by atoms with Gasteiger partial charge in [-0.05, 0) is 35.3 Å². The van der Waals surface area contributed by atoms with Crippen molar-refractivity contribution >= 4 is 12.4 Å². The number of nitrogens with zero attached hydrogens (tertiary/aromatic N) is 6. The van der Waals surface area contributed by atoms with Gasteiger partial charge in [-0.15, -0.1) is 17.5 Å². The number of tetrazole rings is 1. The Labute approximate surface area is 168 Å². The largest absolute Gasteiger partial charge is 0.297 e. The molecule has 0 N–H and O–H groups in total. The monoisotopic (exact) mass is 390 g/mol. The van der Waals surface area contributed by atoms with Gasteiger partial charge in [-0.1, -0.05) is 50.1 Å². The molecule has 148 valence electrons. The Bertz CT molecular complexity index is 677. The van der Waals surface area contributed by atoms with Crippen LogP contribution in [0.5, 0.6) is 0 Å². The van der Waals surface area contributed by atoms with Crippen molar-refractivity contribution in [1.82, 2.24) is 30.0 Å². The summed E-state index contributed by atoms with van der Waals surface area (Å²) in [5, 5.41) is 12.8. The van der Waals surface area contributed by atoms with Crippen molar-refractivity contribution in [2.75, 3.05) is 26.2 Å². The van der Waals surface area contributed by atoms with Crippen molar-refractivity contribution in [3.05, 3.63) is 41.7 Å². The van der Waals surface area contributed by atoms with Gasteiger partial charge in [0.25, 0.3) is 0 Å². The summed E-state index contributed by atoms with van der Waals surface area (Å²) in [6.07, 6.45) is 6.11. The highest BCUT2D eigenvalue weighted by molar-refractivity contribution is 5.85. The first kappa shape index (κ1) is 20.2. The summed E-state index contributed by atoms with van der Waals surface area (Å²) in [5.74, 6) is 1.08. The molecule has 1 aromatic heterocycles. The van der Waals surface area contributed by atoms with Crippen LogP contribution in [0.4, 0.5) is 0 Å². The summed E-state index contributed by atoms with van der Waals surface area (Å²) in [6, 6.07) is 11.6. The van der Waals surface area contributed by atoms with E-state index in [-0.39, 0.29) is 12.4 Å². The third-order valence-electron chi connectivity index (χ3n) is 5.97. The fraction of sp³-hybridized carbons (Fsp3) is 0.650. The van der Waals surface area contributed by atoms with E-state index in [4.69, 9.17) is 0 Å². The van der Waals surface area contributed by atoms with Gasteiger partial charge in [0.1, 0.15) is 0 Å². The van der Waals surface area contributed by atoms with Gasteiger partial charge < -0.3 is 0 Å². The molecule has 0 bridgehead atoms. The Kier molecular flexibility index (Phi) is 7.21. The number of benzene rings is 1. The third-order valence-corrected chi connectivity index (χ3v) is 5.97. The lowest BCUT2D eigenvalue weighted by Crippen LogP contribution is -2.47. The summed E-state index contributed by atoms with van der Waals surface area (Å²) >= 11 is 0. The Hall–Kier alpha value is -1.50. The van der Waals surface area contributed by atoms with E-state index >= 15 is 0 Å². The molecule has 0 amide bonds. The zero-order valence-corrected chi connectivity index (χ0v) is 17.0. The van der Waals surface area contributed by atoms with Gasteiger partial charge in [0.05, 0.1) is 12.1 Å². The Morgan fingerprint density at radius 1 is 1.04 bits per heavy atom. The van der Waals surface area contributed by atoms with Crippen molar-refractivity contribution in [3.8, 4) is 0 Å². The summed E-state index contributed by atoms with van der Waals surface area (Å²) in [7, 11) is 0. The maximum absolute atomic E-state index is 4.44. The highest BCUT2D eigenvalue weighted by atomic mass is 35.5. The molecule has 1 saturated carbocycles. The molecule has 2 aromatic rings. The van der Waals surface area contributed by atoms with Crippen LogP contribution in [-0.2, 0) is 6.54 Å². The van der Waals surface area contributed by atoms with Gasteiger partial charge in [-0.25, -0.2) is 4.68 Å². The molecule has 2 heterocycles. The molecule has 27 heavy (non-hydrogen) atoms. The van der Waals surface area contributed by atoms with Crippen LogP contribution in [-0.4, -0.2) is 56.2 Å². The lowest BCUT2D eigenvalue weighted by molar-refractivity contribution is 0.0834. The van der Waals surface area contributed by atoms with Crippen LogP contribution in [0.3, 0.4) is 0 Å². The zero-order valence-electron chi connectivity index (χ0n) is 16.2. The molecule has 2 aliphatic rings.